The summed E-state index contributed by atoms with van der Waals surface area (Å²) in [5, 5.41) is 14.6. The highest BCUT2D eigenvalue weighted by Crippen LogP contribution is 2.43. The van der Waals surface area contributed by atoms with Crippen LogP contribution in [0.3, 0.4) is 0 Å². The van der Waals surface area contributed by atoms with Crippen LogP contribution in [0.5, 0.6) is 5.75 Å². The molecule has 0 unspecified atom stereocenters. The third kappa shape index (κ3) is 7.99. The zero-order valence-electron chi connectivity index (χ0n) is 42.4. The molecular weight excluding hydrogens is 955 g/mol. The SMILES string of the molecule is C/C=C\c1c(-c2ccc3cccnc3c2O)nc(-c2ccc(-c3cc(-c4ccccc4)c4ccc5c(-c6ccccc6)cc(-c6ccc(-c7nc8ccccc8n7-c7ccccc7)cc6)nc5c4n3)cc2)n1-c1ccccc1. The lowest BCUT2D eigenvalue weighted by Crippen LogP contribution is -2.00. The van der Waals surface area contributed by atoms with Crippen molar-refractivity contribution in [1.82, 2.24) is 34.1 Å². The predicted octanol–water partition coefficient (Wildman–Crippen LogP) is 17.3. The summed E-state index contributed by atoms with van der Waals surface area (Å²) in [5.41, 5.74) is 18.0. The summed E-state index contributed by atoms with van der Waals surface area (Å²) in [5.74, 6) is 1.69. The fourth-order valence-corrected chi connectivity index (χ4v) is 10.9. The van der Waals surface area contributed by atoms with Gasteiger partial charge in [0.1, 0.15) is 22.9 Å². The number of phenols is 1. The Morgan fingerprint density at radius 2 is 0.897 bits per heavy atom. The van der Waals surface area contributed by atoms with Gasteiger partial charge in [-0.15, -0.1) is 0 Å². The second kappa shape index (κ2) is 19.3. The van der Waals surface area contributed by atoms with E-state index in [9.17, 15) is 5.11 Å². The molecule has 0 saturated carbocycles. The van der Waals surface area contributed by atoms with Crippen LogP contribution in [-0.2, 0) is 0 Å². The van der Waals surface area contributed by atoms with E-state index in [-0.39, 0.29) is 5.75 Å². The maximum absolute atomic E-state index is 11.8. The molecule has 0 fully saturated rings. The second-order valence-corrected chi connectivity index (χ2v) is 19.3. The monoisotopic (exact) mass is 1000 g/mol. The number of imidazole rings is 2. The van der Waals surface area contributed by atoms with Crippen LogP contribution in [0, 0.1) is 0 Å². The molecule has 0 bridgehead atoms. The number of hydrogen-bond donors (Lipinski definition) is 1. The number of aromatic hydroxyl groups is 1. The van der Waals surface area contributed by atoms with E-state index in [0.717, 1.165) is 123 Å². The van der Waals surface area contributed by atoms with Crippen LogP contribution in [0.1, 0.15) is 12.6 Å². The van der Waals surface area contributed by atoms with Gasteiger partial charge in [-0.2, -0.15) is 0 Å². The van der Waals surface area contributed by atoms with Gasteiger partial charge in [-0.1, -0.05) is 188 Å². The van der Waals surface area contributed by atoms with Gasteiger partial charge in [0.05, 0.1) is 39.1 Å². The van der Waals surface area contributed by atoms with Crippen molar-refractivity contribution in [1.29, 1.82) is 0 Å². The largest absolute Gasteiger partial charge is 0.505 e. The summed E-state index contributed by atoms with van der Waals surface area (Å²) in [6, 6.07) is 83.6. The van der Waals surface area contributed by atoms with Crippen molar-refractivity contribution < 1.29 is 5.11 Å². The first-order chi connectivity index (χ1) is 38.6. The molecule has 0 aliphatic rings. The van der Waals surface area contributed by atoms with E-state index in [1.807, 2.05) is 73.7 Å². The minimum absolute atomic E-state index is 0.0926. The summed E-state index contributed by atoms with van der Waals surface area (Å²) < 4.78 is 4.39. The van der Waals surface area contributed by atoms with Gasteiger partial charge in [0.2, 0.25) is 0 Å². The molecule has 0 aliphatic carbocycles. The Morgan fingerprint density at radius 3 is 1.46 bits per heavy atom. The van der Waals surface area contributed by atoms with Crippen LogP contribution in [0.25, 0.3) is 140 Å². The third-order valence-corrected chi connectivity index (χ3v) is 14.6. The number of benzene rings is 9. The zero-order chi connectivity index (χ0) is 52.1. The van der Waals surface area contributed by atoms with Gasteiger partial charge in [-0.25, -0.2) is 19.9 Å². The summed E-state index contributed by atoms with van der Waals surface area (Å²) in [7, 11) is 0. The van der Waals surface area contributed by atoms with Gasteiger partial charge < -0.3 is 5.11 Å². The van der Waals surface area contributed by atoms with Gasteiger partial charge in [0, 0.05) is 61.5 Å². The number of hydrogen-bond acceptors (Lipinski definition) is 6. The zero-order valence-corrected chi connectivity index (χ0v) is 42.4. The molecule has 8 nitrogen and oxygen atoms in total. The van der Waals surface area contributed by atoms with Gasteiger partial charge in [0.25, 0.3) is 0 Å². The number of aromatic nitrogens is 7. The normalized spacial score (nSPS) is 11.7. The Morgan fingerprint density at radius 1 is 0.397 bits per heavy atom. The van der Waals surface area contributed by atoms with Gasteiger partial charge >= 0.3 is 0 Å². The average Bonchev–Trinajstić information content (AvgIpc) is 4.10. The molecule has 0 atom stereocenters. The lowest BCUT2D eigenvalue weighted by Gasteiger charge is -2.16. The number of para-hydroxylation sites is 4. The summed E-state index contributed by atoms with van der Waals surface area (Å²) >= 11 is 0. The minimum Gasteiger partial charge on any atom is -0.505 e. The number of fused-ring (bicyclic) bond motifs is 5. The topological polar surface area (TPSA) is 94.5 Å². The molecule has 0 spiro atoms. The van der Waals surface area contributed by atoms with Crippen LogP contribution in [0.4, 0.5) is 0 Å². The summed E-state index contributed by atoms with van der Waals surface area (Å²) in [6.07, 6.45) is 5.75. The number of rotatable bonds is 10. The molecule has 368 valence electrons. The van der Waals surface area contributed by atoms with Crippen molar-refractivity contribution in [2.24, 2.45) is 0 Å². The van der Waals surface area contributed by atoms with Crippen LogP contribution in [-0.4, -0.2) is 39.2 Å². The molecule has 5 aromatic heterocycles. The fourth-order valence-electron chi connectivity index (χ4n) is 10.9. The molecule has 9 aromatic carbocycles. The van der Waals surface area contributed by atoms with Crippen molar-refractivity contribution in [2.75, 3.05) is 0 Å². The Balaban J connectivity index is 0.929. The van der Waals surface area contributed by atoms with Gasteiger partial charge in [-0.05, 0) is 95.9 Å². The van der Waals surface area contributed by atoms with E-state index < -0.39 is 0 Å². The van der Waals surface area contributed by atoms with Crippen LogP contribution in [0.15, 0.2) is 255 Å². The molecule has 0 saturated heterocycles. The molecule has 1 N–H and O–H groups in total. The van der Waals surface area contributed by atoms with Gasteiger partial charge in [-0.3, -0.25) is 14.1 Å². The predicted molar refractivity (Wildman–Crippen MR) is 319 cm³/mol. The van der Waals surface area contributed by atoms with Crippen LogP contribution >= 0.6 is 0 Å². The lowest BCUT2D eigenvalue weighted by molar-refractivity contribution is 0.482. The van der Waals surface area contributed by atoms with E-state index in [4.69, 9.17) is 19.9 Å². The highest BCUT2D eigenvalue weighted by atomic mass is 16.3. The first-order valence-corrected chi connectivity index (χ1v) is 26.1. The Kier molecular flexibility index (Phi) is 11.4. The highest BCUT2D eigenvalue weighted by molar-refractivity contribution is 6.13. The van der Waals surface area contributed by atoms with Crippen molar-refractivity contribution in [2.45, 2.75) is 6.92 Å². The molecule has 5 heterocycles. The van der Waals surface area contributed by atoms with Crippen molar-refractivity contribution in [3.05, 3.63) is 261 Å². The smallest absolute Gasteiger partial charge is 0.151 e. The van der Waals surface area contributed by atoms with E-state index in [1.165, 1.54) is 0 Å². The third-order valence-electron chi connectivity index (χ3n) is 14.6. The number of pyridine rings is 3. The second-order valence-electron chi connectivity index (χ2n) is 19.3. The standard InChI is InChI=1S/C70H47N7O/c1-2-18-63-65(56-39-38-49-23-17-42-71-64(49)68(56)78)75-70(77(63)53-26-13-6-14-27-53)51-36-32-48(33-37-51)61-44-58(46-21-9-4-10-22-46)55-41-40-54-57(45-19-7-3-8-20-45)43-60(72-66(54)67(55)73-61)47-30-34-50(35-31-47)69-74-59-28-15-16-29-62(59)76(69)52-24-11-5-12-25-52/h2-44,78H,1H3/b18-2-. The molecule has 8 heteroatoms. The van der Waals surface area contributed by atoms with E-state index in [1.54, 1.807) is 6.20 Å². The maximum atomic E-state index is 11.8. The molecule has 14 aromatic rings. The summed E-state index contributed by atoms with van der Waals surface area (Å²) in [6.45, 7) is 1.99. The van der Waals surface area contributed by atoms with E-state index in [0.29, 0.717) is 16.8 Å². The lowest BCUT2D eigenvalue weighted by atomic mass is 9.93. The number of phenolic OH excluding ortho intramolecular Hbond substituents is 1. The molecule has 0 radical (unpaired) electrons. The van der Waals surface area contributed by atoms with E-state index in [2.05, 4.69) is 202 Å². The number of nitrogens with zero attached hydrogens (tertiary/aromatic N) is 7. The highest BCUT2D eigenvalue weighted by Gasteiger charge is 2.24. The Bertz CT molecular complexity index is 4590. The van der Waals surface area contributed by atoms with Crippen molar-refractivity contribution >= 4 is 49.8 Å². The minimum atomic E-state index is 0.0926. The fraction of sp³-hybridized carbons (Fsp3) is 0.0143. The molecular formula is C70H47N7O. The Hall–Kier alpha value is -10.6. The first kappa shape index (κ1) is 46.0. The summed E-state index contributed by atoms with van der Waals surface area (Å²) in [4.78, 5) is 26.2. The molecule has 0 amide bonds. The molecule has 78 heavy (non-hydrogen) atoms. The molecule has 0 aliphatic heterocycles. The Labute approximate surface area is 450 Å². The van der Waals surface area contributed by atoms with Gasteiger partial charge in [0.15, 0.2) is 5.75 Å². The maximum Gasteiger partial charge on any atom is 0.151 e. The average molecular weight is 1000 g/mol. The van der Waals surface area contributed by atoms with E-state index >= 15 is 0 Å². The first-order valence-electron chi connectivity index (χ1n) is 26.1. The number of allylic oxidation sites excluding steroid dienone is 1. The van der Waals surface area contributed by atoms with Crippen molar-refractivity contribution in [3.8, 4) is 95.9 Å². The van der Waals surface area contributed by atoms with Crippen molar-refractivity contribution in [3.63, 3.8) is 0 Å². The molecule has 14 rings (SSSR count). The quantitative estimate of drug-likeness (QED) is 0.137. The van der Waals surface area contributed by atoms with Crippen LogP contribution in [0.2, 0.25) is 0 Å². The van der Waals surface area contributed by atoms with Crippen LogP contribution < -0.4 is 0 Å².